The van der Waals surface area contributed by atoms with Crippen LogP contribution in [-0.4, -0.2) is 38.6 Å². The number of anilines is 1. The first-order chi connectivity index (χ1) is 13.2. The molecule has 1 atom stereocenters. The summed E-state index contributed by atoms with van der Waals surface area (Å²) in [7, 11) is 0. The van der Waals surface area contributed by atoms with E-state index in [2.05, 4.69) is 34.5 Å². The number of nitrogens with zero attached hydrogens (tertiary/aromatic N) is 1. The molecule has 0 radical (unpaired) electrons. The van der Waals surface area contributed by atoms with Gasteiger partial charge in [-0.1, -0.05) is 36.4 Å². The van der Waals surface area contributed by atoms with E-state index in [4.69, 9.17) is 4.42 Å². The summed E-state index contributed by atoms with van der Waals surface area (Å²) in [6, 6.07) is 20.3. The average Bonchev–Trinajstić information content (AvgIpc) is 3.14. The van der Waals surface area contributed by atoms with Gasteiger partial charge in [0.2, 0.25) is 0 Å². The minimum atomic E-state index is -0.130. The molecule has 1 aromatic heterocycles. The Morgan fingerprint density at radius 2 is 1.81 bits per heavy atom. The molecule has 3 aromatic rings. The number of rotatable bonds is 5. The van der Waals surface area contributed by atoms with Crippen LogP contribution in [0, 0.1) is 0 Å². The van der Waals surface area contributed by atoms with Gasteiger partial charge in [0.1, 0.15) is 11.3 Å². The molecule has 0 aliphatic carbocycles. The molecule has 0 bridgehead atoms. The molecule has 27 heavy (non-hydrogen) atoms. The number of quaternary nitrogens is 1. The van der Waals surface area contributed by atoms with E-state index in [-0.39, 0.29) is 11.9 Å². The molecular weight excluding hydrogens is 338 g/mol. The number of nitrogens with one attached hydrogen (secondary N) is 2. The third kappa shape index (κ3) is 4.14. The van der Waals surface area contributed by atoms with E-state index < -0.39 is 0 Å². The van der Waals surface area contributed by atoms with Crippen LogP contribution in [0.5, 0.6) is 0 Å². The van der Waals surface area contributed by atoms with Crippen molar-refractivity contribution in [3.63, 3.8) is 0 Å². The quantitative estimate of drug-likeness (QED) is 0.728. The highest BCUT2D eigenvalue weighted by Gasteiger charge is 2.23. The number of hydrogen-bond acceptors (Lipinski definition) is 3. The SMILES string of the molecule is C[C@@H](NC(=O)C[NH+]1CCN(c2ccccc2)CC1)c1cc2ccccc2o1. The lowest BCUT2D eigenvalue weighted by Gasteiger charge is -2.33. The first-order valence-electron chi connectivity index (χ1n) is 9.60. The first kappa shape index (κ1) is 17.6. The number of fused-ring (bicyclic) bond motifs is 1. The lowest BCUT2D eigenvalue weighted by atomic mass is 10.2. The van der Waals surface area contributed by atoms with Crippen molar-refractivity contribution >= 4 is 22.6 Å². The van der Waals surface area contributed by atoms with Gasteiger partial charge in [-0.05, 0) is 31.2 Å². The third-order valence-corrected chi connectivity index (χ3v) is 5.25. The molecule has 1 aliphatic rings. The number of carbonyl (C=O) groups is 1. The molecule has 1 saturated heterocycles. The second kappa shape index (κ2) is 7.84. The zero-order valence-corrected chi connectivity index (χ0v) is 15.7. The number of amides is 1. The molecule has 2 aromatic carbocycles. The van der Waals surface area contributed by atoms with Crippen molar-refractivity contribution in [2.75, 3.05) is 37.6 Å². The molecule has 5 nitrogen and oxygen atoms in total. The molecule has 0 spiro atoms. The summed E-state index contributed by atoms with van der Waals surface area (Å²) in [5.41, 5.74) is 2.12. The summed E-state index contributed by atoms with van der Waals surface area (Å²) in [6.07, 6.45) is 0. The summed E-state index contributed by atoms with van der Waals surface area (Å²) in [4.78, 5) is 16.2. The molecule has 0 saturated carbocycles. The van der Waals surface area contributed by atoms with Crippen LogP contribution in [-0.2, 0) is 4.79 Å². The Morgan fingerprint density at radius 3 is 2.56 bits per heavy atom. The van der Waals surface area contributed by atoms with Crippen LogP contribution in [0.3, 0.4) is 0 Å². The van der Waals surface area contributed by atoms with Crippen molar-refractivity contribution in [2.45, 2.75) is 13.0 Å². The zero-order chi connectivity index (χ0) is 18.6. The van der Waals surface area contributed by atoms with E-state index in [1.54, 1.807) is 0 Å². The summed E-state index contributed by atoms with van der Waals surface area (Å²) < 4.78 is 5.86. The van der Waals surface area contributed by atoms with Crippen LogP contribution in [0.15, 0.2) is 65.1 Å². The number of carbonyl (C=O) groups excluding carboxylic acids is 1. The van der Waals surface area contributed by atoms with Gasteiger partial charge in [-0.25, -0.2) is 0 Å². The maximum Gasteiger partial charge on any atom is 0.275 e. The van der Waals surface area contributed by atoms with Gasteiger partial charge in [0.25, 0.3) is 5.91 Å². The molecule has 2 N–H and O–H groups in total. The monoisotopic (exact) mass is 364 g/mol. The van der Waals surface area contributed by atoms with Crippen LogP contribution in [0.1, 0.15) is 18.7 Å². The molecule has 2 heterocycles. The van der Waals surface area contributed by atoms with E-state index in [1.165, 1.54) is 10.6 Å². The topological polar surface area (TPSA) is 49.9 Å². The van der Waals surface area contributed by atoms with E-state index in [9.17, 15) is 4.79 Å². The summed E-state index contributed by atoms with van der Waals surface area (Å²) >= 11 is 0. The van der Waals surface area contributed by atoms with E-state index in [0.717, 1.165) is 42.9 Å². The van der Waals surface area contributed by atoms with Crippen molar-refractivity contribution in [1.29, 1.82) is 0 Å². The van der Waals surface area contributed by atoms with Gasteiger partial charge in [-0.3, -0.25) is 4.79 Å². The number of piperazine rings is 1. The van der Waals surface area contributed by atoms with Crippen LogP contribution >= 0.6 is 0 Å². The van der Waals surface area contributed by atoms with Crippen LogP contribution in [0.2, 0.25) is 0 Å². The molecule has 1 amide bonds. The van der Waals surface area contributed by atoms with Crippen LogP contribution in [0.25, 0.3) is 11.0 Å². The fourth-order valence-corrected chi connectivity index (χ4v) is 3.70. The molecule has 1 fully saturated rings. The minimum absolute atomic E-state index is 0.0751. The smallest absolute Gasteiger partial charge is 0.275 e. The second-order valence-electron chi connectivity index (χ2n) is 7.23. The van der Waals surface area contributed by atoms with Gasteiger partial charge in [-0.15, -0.1) is 0 Å². The van der Waals surface area contributed by atoms with Gasteiger partial charge < -0.3 is 19.5 Å². The summed E-state index contributed by atoms with van der Waals surface area (Å²) in [5, 5.41) is 4.15. The summed E-state index contributed by atoms with van der Waals surface area (Å²) in [6.45, 7) is 6.38. The Labute approximate surface area is 159 Å². The molecule has 140 valence electrons. The first-order valence-corrected chi connectivity index (χ1v) is 9.60. The average molecular weight is 364 g/mol. The van der Waals surface area contributed by atoms with Crippen LogP contribution < -0.4 is 15.1 Å². The van der Waals surface area contributed by atoms with Crippen molar-refractivity contribution < 1.29 is 14.1 Å². The highest BCUT2D eigenvalue weighted by molar-refractivity contribution is 5.79. The van der Waals surface area contributed by atoms with Gasteiger partial charge in [0.05, 0.1) is 32.2 Å². The fraction of sp³-hybridized carbons (Fsp3) is 0.318. The maximum absolute atomic E-state index is 12.5. The third-order valence-electron chi connectivity index (χ3n) is 5.25. The van der Waals surface area contributed by atoms with Gasteiger partial charge in [0.15, 0.2) is 6.54 Å². The van der Waals surface area contributed by atoms with Crippen molar-refractivity contribution in [3.8, 4) is 0 Å². The molecular formula is C22H26N3O2+. The van der Waals surface area contributed by atoms with E-state index in [0.29, 0.717) is 6.54 Å². The molecule has 0 unspecified atom stereocenters. The van der Waals surface area contributed by atoms with Gasteiger partial charge in [-0.2, -0.15) is 0 Å². The number of hydrogen-bond donors (Lipinski definition) is 2. The van der Waals surface area contributed by atoms with Crippen molar-refractivity contribution in [2.24, 2.45) is 0 Å². The normalized spacial score (nSPS) is 16.4. The Kier molecular flexibility index (Phi) is 5.12. The molecule has 1 aliphatic heterocycles. The largest absolute Gasteiger partial charge is 0.459 e. The number of benzene rings is 2. The Morgan fingerprint density at radius 1 is 1.11 bits per heavy atom. The van der Waals surface area contributed by atoms with Gasteiger partial charge in [0, 0.05) is 11.1 Å². The summed E-state index contributed by atoms with van der Waals surface area (Å²) in [5.74, 6) is 0.875. The fourth-order valence-electron chi connectivity index (χ4n) is 3.70. The number of furan rings is 1. The Hall–Kier alpha value is -2.79. The second-order valence-corrected chi connectivity index (χ2v) is 7.23. The standard InChI is InChI=1S/C22H25N3O2/c1-17(21-15-18-7-5-6-10-20(18)27-21)23-22(26)16-24-11-13-25(14-12-24)19-8-3-2-4-9-19/h2-10,15,17H,11-14,16H2,1H3,(H,23,26)/p+1/t17-/m1/s1. The Balaban J connectivity index is 1.28. The van der Waals surface area contributed by atoms with Crippen molar-refractivity contribution in [1.82, 2.24) is 5.32 Å². The molecule has 5 heteroatoms. The minimum Gasteiger partial charge on any atom is -0.459 e. The van der Waals surface area contributed by atoms with E-state index in [1.807, 2.05) is 43.3 Å². The Bertz CT molecular complexity index is 865. The lowest BCUT2D eigenvalue weighted by molar-refractivity contribution is -0.892. The van der Waals surface area contributed by atoms with E-state index >= 15 is 0 Å². The zero-order valence-electron chi connectivity index (χ0n) is 15.7. The predicted molar refractivity (Wildman–Crippen MR) is 107 cm³/mol. The highest BCUT2D eigenvalue weighted by Crippen LogP contribution is 2.23. The van der Waals surface area contributed by atoms with Crippen molar-refractivity contribution in [3.05, 3.63) is 66.4 Å². The number of para-hydroxylation sites is 2. The lowest BCUT2D eigenvalue weighted by Crippen LogP contribution is -3.15. The maximum atomic E-state index is 12.5. The van der Waals surface area contributed by atoms with Gasteiger partial charge >= 0.3 is 0 Å². The predicted octanol–water partition coefficient (Wildman–Crippen LogP) is 2.02. The molecule has 4 rings (SSSR count). The highest BCUT2D eigenvalue weighted by atomic mass is 16.3. The van der Waals surface area contributed by atoms with Crippen LogP contribution in [0.4, 0.5) is 5.69 Å².